The third-order valence-electron chi connectivity index (χ3n) is 4.77. The van der Waals surface area contributed by atoms with Gasteiger partial charge in [-0.05, 0) is 49.9 Å². The fraction of sp³-hybridized carbons (Fsp3) is 0.368. The first kappa shape index (κ1) is 20.6. The van der Waals surface area contributed by atoms with Crippen LogP contribution in [0, 0.1) is 0 Å². The maximum atomic E-state index is 12.6. The number of halogens is 1. The molecule has 1 unspecified atom stereocenters. The largest absolute Gasteiger partial charge is 0.362 e. The Morgan fingerprint density at radius 1 is 1.25 bits per heavy atom. The molecule has 1 aliphatic rings. The molecule has 7 nitrogen and oxygen atoms in total. The van der Waals surface area contributed by atoms with E-state index in [9.17, 15) is 13.2 Å². The number of likely N-dealkylation sites (tertiary alicyclic amines) is 1. The minimum atomic E-state index is -3.78. The molecule has 9 heteroatoms. The molecule has 1 fully saturated rings. The van der Waals surface area contributed by atoms with E-state index in [0.29, 0.717) is 16.4 Å². The van der Waals surface area contributed by atoms with E-state index in [1.165, 1.54) is 18.3 Å². The lowest BCUT2D eigenvalue weighted by Crippen LogP contribution is -2.35. The number of aromatic nitrogens is 1. The second-order valence-corrected chi connectivity index (χ2v) is 8.86. The summed E-state index contributed by atoms with van der Waals surface area (Å²) in [6, 6.07) is 7.71. The first-order valence-corrected chi connectivity index (χ1v) is 11.0. The molecule has 1 amide bonds. The number of carbonyl (C=O) groups is 1. The van der Waals surface area contributed by atoms with Gasteiger partial charge >= 0.3 is 0 Å². The summed E-state index contributed by atoms with van der Waals surface area (Å²) in [4.78, 5) is 18.7. The van der Waals surface area contributed by atoms with E-state index >= 15 is 0 Å². The quantitative estimate of drug-likeness (QED) is 0.769. The van der Waals surface area contributed by atoms with Crippen LogP contribution >= 0.6 is 11.6 Å². The molecule has 0 aliphatic carbocycles. The number of anilines is 1. The predicted octanol–water partition coefficient (Wildman–Crippen LogP) is 3.18. The van der Waals surface area contributed by atoms with Gasteiger partial charge in [-0.1, -0.05) is 23.7 Å². The summed E-state index contributed by atoms with van der Waals surface area (Å²) in [5, 5.41) is 8.67. The summed E-state index contributed by atoms with van der Waals surface area (Å²) in [6.45, 7) is 3.37. The third kappa shape index (κ3) is 4.81. The number of pyridine rings is 1. The number of rotatable bonds is 5. The molecule has 150 valence electrons. The number of nitrogens with two attached hydrogens (primary N) is 1. The number of piperidine rings is 1. The molecule has 0 saturated carbocycles. The molecular weight excluding hydrogens is 400 g/mol. The number of nitrogens with one attached hydrogen (secondary N) is 1. The van der Waals surface area contributed by atoms with Crippen molar-refractivity contribution in [2.45, 2.75) is 37.1 Å². The van der Waals surface area contributed by atoms with Gasteiger partial charge in [-0.2, -0.15) is 0 Å². The summed E-state index contributed by atoms with van der Waals surface area (Å²) in [5.74, 6) is 0.361. The van der Waals surface area contributed by atoms with Gasteiger partial charge in [-0.15, -0.1) is 0 Å². The fourth-order valence-electron chi connectivity index (χ4n) is 3.19. The van der Waals surface area contributed by atoms with Crippen LogP contribution in [0.25, 0.3) is 0 Å². The number of carbonyl (C=O) groups excluding carboxylic acids is 1. The number of nitrogens with zero attached hydrogens (tertiary/aromatic N) is 2. The molecule has 1 aliphatic heterocycles. The summed E-state index contributed by atoms with van der Waals surface area (Å²) in [7, 11) is -3.78. The molecule has 0 bridgehead atoms. The summed E-state index contributed by atoms with van der Waals surface area (Å²) >= 11 is 6.34. The van der Waals surface area contributed by atoms with E-state index in [2.05, 4.69) is 10.3 Å². The van der Waals surface area contributed by atoms with Crippen LogP contribution in [0.1, 0.15) is 48.1 Å². The maximum Gasteiger partial charge on any atom is 0.255 e. The van der Waals surface area contributed by atoms with Crippen LogP contribution in [-0.4, -0.2) is 37.3 Å². The average Bonchev–Trinajstić information content (AvgIpc) is 2.69. The number of primary sulfonamides is 1. The zero-order valence-corrected chi connectivity index (χ0v) is 17.1. The Morgan fingerprint density at radius 3 is 2.61 bits per heavy atom. The molecule has 2 aromatic rings. The predicted molar refractivity (Wildman–Crippen MR) is 109 cm³/mol. The zero-order valence-electron chi connectivity index (χ0n) is 15.6. The van der Waals surface area contributed by atoms with E-state index in [1.807, 2.05) is 11.8 Å². The monoisotopic (exact) mass is 422 g/mol. The zero-order chi connectivity index (χ0) is 20.3. The lowest BCUT2D eigenvalue weighted by molar-refractivity contribution is 0.0724. The molecule has 1 aromatic heterocycles. The standard InChI is InChI=1S/C19H23ClN4O3S/c1-13(14-6-5-7-16(10-14)28(21,26)27)23-18-17(20)11-15(12-22-18)19(25)24-8-3-2-4-9-24/h5-7,10-13H,2-4,8-9H2,1H3,(H,22,23)(H2,21,26,27). The first-order chi connectivity index (χ1) is 13.3. The van der Waals surface area contributed by atoms with Gasteiger partial charge in [0, 0.05) is 19.3 Å². The normalized spacial score (nSPS) is 15.9. The molecule has 1 saturated heterocycles. The molecule has 0 spiro atoms. The van der Waals surface area contributed by atoms with Crippen molar-refractivity contribution in [1.29, 1.82) is 0 Å². The van der Waals surface area contributed by atoms with Crippen molar-refractivity contribution in [3.63, 3.8) is 0 Å². The minimum Gasteiger partial charge on any atom is -0.362 e. The van der Waals surface area contributed by atoms with E-state index < -0.39 is 10.0 Å². The SMILES string of the molecule is CC(Nc1ncc(C(=O)N2CCCCC2)cc1Cl)c1cccc(S(N)(=O)=O)c1. The topological polar surface area (TPSA) is 105 Å². The van der Waals surface area contributed by atoms with Crippen molar-refractivity contribution in [3.8, 4) is 0 Å². The molecule has 28 heavy (non-hydrogen) atoms. The van der Waals surface area contributed by atoms with E-state index in [1.54, 1.807) is 18.2 Å². The number of hydrogen-bond donors (Lipinski definition) is 2. The van der Waals surface area contributed by atoms with Crippen LogP contribution in [-0.2, 0) is 10.0 Å². The van der Waals surface area contributed by atoms with Crippen LogP contribution in [0.15, 0.2) is 41.4 Å². The molecule has 3 N–H and O–H groups in total. The number of sulfonamides is 1. The Balaban J connectivity index is 1.75. The summed E-state index contributed by atoms with van der Waals surface area (Å²) < 4.78 is 23.1. The molecule has 1 aromatic carbocycles. The summed E-state index contributed by atoms with van der Waals surface area (Å²) in [5.41, 5.74) is 1.18. The molecule has 3 rings (SSSR count). The van der Waals surface area contributed by atoms with Crippen molar-refractivity contribution < 1.29 is 13.2 Å². The molecular formula is C19H23ClN4O3S. The van der Waals surface area contributed by atoms with Crippen LogP contribution in [0.5, 0.6) is 0 Å². The third-order valence-corrected chi connectivity index (χ3v) is 5.97. The van der Waals surface area contributed by atoms with Crippen LogP contribution in [0.2, 0.25) is 5.02 Å². The van der Waals surface area contributed by atoms with Crippen molar-refractivity contribution >= 4 is 33.3 Å². The van der Waals surface area contributed by atoms with Crippen LogP contribution in [0.3, 0.4) is 0 Å². The number of amides is 1. The van der Waals surface area contributed by atoms with Crippen molar-refractivity contribution in [1.82, 2.24) is 9.88 Å². The molecule has 0 radical (unpaired) electrons. The average molecular weight is 423 g/mol. The smallest absolute Gasteiger partial charge is 0.255 e. The van der Waals surface area contributed by atoms with E-state index in [-0.39, 0.29) is 16.8 Å². The van der Waals surface area contributed by atoms with Crippen LogP contribution < -0.4 is 10.5 Å². The minimum absolute atomic E-state index is 0.0418. The van der Waals surface area contributed by atoms with Gasteiger partial charge < -0.3 is 10.2 Å². The summed E-state index contributed by atoms with van der Waals surface area (Å²) in [6.07, 6.45) is 4.69. The van der Waals surface area contributed by atoms with Gasteiger partial charge in [0.2, 0.25) is 10.0 Å². The Morgan fingerprint density at radius 2 is 1.96 bits per heavy atom. The number of hydrogen-bond acceptors (Lipinski definition) is 5. The van der Waals surface area contributed by atoms with Gasteiger partial charge in [0.25, 0.3) is 5.91 Å². The second kappa shape index (κ2) is 8.46. The van der Waals surface area contributed by atoms with E-state index in [4.69, 9.17) is 16.7 Å². The van der Waals surface area contributed by atoms with Crippen molar-refractivity contribution in [2.75, 3.05) is 18.4 Å². The Bertz CT molecular complexity index is 975. The molecule has 2 heterocycles. The van der Waals surface area contributed by atoms with Crippen LogP contribution in [0.4, 0.5) is 5.82 Å². The Labute approximate surface area is 169 Å². The van der Waals surface area contributed by atoms with Gasteiger partial charge in [-0.25, -0.2) is 18.5 Å². The highest BCUT2D eigenvalue weighted by Gasteiger charge is 2.20. The number of benzene rings is 1. The fourth-order valence-corrected chi connectivity index (χ4v) is 3.98. The maximum absolute atomic E-state index is 12.6. The van der Waals surface area contributed by atoms with E-state index in [0.717, 1.165) is 37.9 Å². The van der Waals surface area contributed by atoms with Gasteiger partial charge in [0.1, 0.15) is 5.82 Å². The van der Waals surface area contributed by atoms with Gasteiger partial charge in [-0.3, -0.25) is 4.79 Å². The first-order valence-electron chi connectivity index (χ1n) is 9.10. The molecule has 1 atom stereocenters. The highest BCUT2D eigenvalue weighted by Crippen LogP contribution is 2.26. The lowest BCUT2D eigenvalue weighted by Gasteiger charge is -2.26. The Hall–Kier alpha value is -2.16. The lowest BCUT2D eigenvalue weighted by atomic mass is 10.1. The highest BCUT2D eigenvalue weighted by molar-refractivity contribution is 7.89. The Kier molecular flexibility index (Phi) is 6.22. The van der Waals surface area contributed by atoms with Crippen molar-refractivity contribution in [3.05, 3.63) is 52.7 Å². The van der Waals surface area contributed by atoms with Gasteiger partial charge in [0.15, 0.2) is 0 Å². The second-order valence-electron chi connectivity index (χ2n) is 6.89. The van der Waals surface area contributed by atoms with Crippen molar-refractivity contribution in [2.24, 2.45) is 5.14 Å². The highest BCUT2D eigenvalue weighted by atomic mass is 35.5. The van der Waals surface area contributed by atoms with Gasteiger partial charge in [0.05, 0.1) is 21.5 Å².